The van der Waals surface area contributed by atoms with Gasteiger partial charge in [0, 0.05) is 17.8 Å². The first-order valence-electron chi connectivity index (χ1n) is 5.33. The van der Waals surface area contributed by atoms with Crippen LogP contribution in [-0.2, 0) is 19.1 Å². The van der Waals surface area contributed by atoms with Crippen molar-refractivity contribution in [1.82, 2.24) is 0 Å². The van der Waals surface area contributed by atoms with Crippen LogP contribution in [0.25, 0.3) is 0 Å². The highest BCUT2D eigenvalue weighted by Crippen LogP contribution is 2.19. The van der Waals surface area contributed by atoms with Crippen molar-refractivity contribution in [2.45, 2.75) is 25.7 Å². The van der Waals surface area contributed by atoms with Crippen molar-refractivity contribution in [3.63, 3.8) is 0 Å². The third kappa shape index (κ3) is 5.11. The summed E-state index contributed by atoms with van der Waals surface area (Å²) in [7, 11) is 0. The van der Waals surface area contributed by atoms with Gasteiger partial charge in [0.2, 0.25) is 0 Å². The summed E-state index contributed by atoms with van der Waals surface area (Å²) in [6.45, 7) is 0.378. The summed E-state index contributed by atoms with van der Waals surface area (Å²) in [6, 6.07) is 0. The molecule has 1 fully saturated rings. The lowest BCUT2D eigenvalue weighted by Crippen LogP contribution is -2.15. The molecule has 1 aliphatic heterocycles. The number of hydrogen-bond donors (Lipinski definition) is 0. The predicted octanol–water partition coefficient (Wildman–Crippen LogP) is 1.92. The Kier molecular flexibility index (Phi) is 5.87. The van der Waals surface area contributed by atoms with E-state index in [2.05, 4.69) is 21.7 Å². The molecule has 0 aromatic carbocycles. The van der Waals surface area contributed by atoms with Gasteiger partial charge in [0.15, 0.2) is 0 Å². The van der Waals surface area contributed by atoms with Crippen LogP contribution in [-0.4, -0.2) is 24.1 Å². The molecule has 0 spiro atoms. The lowest BCUT2D eigenvalue weighted by atomic mass is 9.98. The molecule has 0 aliphatic carbocycles. The van der Waals surface area contributed by atoms with E-state index in [1.165, 1.54) is 4.99 Å². The number of esters is 1. The second kappa shape index (κ2) is 7.20. The molecule has 1 atom stereocenters. The number of ketones is 2. The van der Waals surface area contributed by atoms with E-state index < -0.39 is 0 Å². The van der Waals surface area contributed by atoms with Crippen LogP contribution >= 0.6 is 15.9 Å². The SMILES string of the molecule is O=C(CC=C=CBr)CC(=O)CC1CCOC1=O. The first-order valence-corrected chi connectivity index (χ1v) is 6.24. The van der Waals surface area contributed by atoms with Gasteiger partial charge in [0.1, 0.15) is 11.6 Å². The molecule has 1 aliphatic rings. The van der Waals surface area contributed by atoms with Gasteiger partial charge in [-0.1, -0.05) is 15.9 Å². The number of cyclic esters (lactones) is 1. The number of carbonyl (C=O) groups is 3. The maximum Gasteiger partial charge on any atom is 0.309 e. The topological polar surface area (TPSA) is 60.4 Å². The molecule has 0 N–H and O–H groups in total. The van der Waals surface area contributed by atoms with E-state index in [9.17, 15) is 14.4 Å². The van der Waals surface area contributed by atoms with Gasteiger partial charge >= 0.3 is 5.97 Å². The summed E-state index contributed by atoms with van der Waals surface area (Å²) in [5.74, 6) is -1.04. The molecule has 0 aromatic rings. The summed E-state index contributed by atoms with van der Waals surface area (Å²) >= 11 is 3.02. The zero-order valence-electron chi connectivity index (χ0n) is 9.28. The van der Waals surface area contributed by atoms with Crippen LogP contribution in [0.4, 0.5) is 0 Å². The Hall–Kier alpha value is -1.19. The summed E-state index contributed by atoms with van der Waals surface area (Å²) < 4.78 is 4.75. The molecule has 5 heteroatoms. The number of Topliss-reactive ketones (excluding diaryl/α,β-unsaturated/α-hetero) is 2. The second-order valence-electron chi connectivity index (χ2n) is 3.80. The van der Waals surface area contributed by atoms with E-state index in [0.29, 0.717) is 13.0 Å². The first-order chi connectivity index (χ1) is 8.13. The van der Waals surface area contributed by atoms with Crippen molar-refractivity contribution in [3.05, 3.63) is 16.8 Å². The number of hydrogen-bond acceptors (Lipinski definition) is 4. The smallest absolute Gasteiger partial charge is 0.309 e. The van der Waals surface area contributed by atoms with E-state index in [1.807, 2.05) is 0 Å². The van der Waals surface area contributed by atoms with Gasteiger partial charge < -0.3 is 4.74 Å². The van der Waals surface area contributed by atoms with E-state index in [4.69, 9.17) is 4.74 Å². The summed E-state index contributed by atoms with van der Waals surface area (Å²) in [5, 5.41) is 0. The third-order valence-corrected chi connectivity index (χ3v) is 2.69. The molecule has 4 nitrogen and oxygen atoms in total. The lowest BCUT2D eigenvalue weighted by Gasteiger charge is -2.03. The zero-order chi connectivity index (χ0) is 12.7. The van der Waals surface area contributed by atoms with E-state index in [1.54, 1.807) is 6.08 Å². The zero-order valence-corrected chi connectivity index (χ0v) is 10.9. The molecule has 92 valence electrons. The van der Waals surface area contributed by atoms with Crippen molar-refractivity contribution in [2.75, 3.05) is 6.61 Å². The minimum absolute atomic E-state index is 0.114. The van der Waals surface area contributed by atoms with Crippen LogP contribution in [0, 0.1) is 5.92 Å². The normalized spacial score (nSPS) is 18.2. The predicted molar refractivity (Wildman–Crippen MR) is 64.5 cm³/mol. The molecule has 1 unspecified atom stereocenters. The van der Waals surface area contributed by atoms with Crippen molar-refractivity contribution < 1.29 is 19.1 Å². The standard InChI is InChI=1S/C12H13BrO4/c13-5-2-1-3-10(14)8-11(15)7-9-4-6-17-12(9)16/h1,5,9H,3-4,6-8H2. The Bertz CT molecular complexity index is 380. The summed E-state index contributed by atoms with van der Waals surface area (Å²) in [4.78, 5) is 35.5. The monoisotopic (exact) mass is 300 g/mol. The lowest BCUT2D eigenvalue weighted by molar-refractivity contribution is -0.143. The Labute approximate surface area is 108 Å². The van der Waals surface area contributed by atoms with Crippen LogP contribution in [0.15, 0.2) is 16.8 Å². The fourth-order valence-corrected chi connectivity index (χ4v) is 1.77. The van der Waals surface area contributed by atoms with E-state index in [-0.39, 0.29) is 42.7 Å². The van der Waals surface area contributed by atoms with Crippen molar-refractivity contribution in [3.8, 4) is 0 Å². The molecular weight excluding hydrogens is 288 g/mol. The van der Waals surface area contributed by atoms with Gasteiger partial charge in [-0.3, -0.25) is 14.4 Å². The molecule has 0 saturated carbocycles. The Morgan fingerprint density at radius 3 is 2.82 bits per heavy atom. The van der Waals surface area contributed by atoms with Crippen molar-refractivity contribution >= 4 is 33.5 Å². The number of ether oxygens (including phenoxy) is 1. The van der Waals surface area contributed by atoms with Crippen LogP contribution in [0.5, 0.6) is 0 Å². The maximum absolute atomic E-state index is 11.5. The molecule has 1 saturated heterocycles. The highest BCUT2D eigenvalue weighted by atomic mass is 79.9. The second-order valence-corrected chi connectivity index (χ2v) is 4.25. The van der Waals surface area contributed by atoms with Gasteiger partial charge in [-0.15, -0.1) is 5.73 Å². The minimum atomic E-state index is -0.353. The van der Waals surface area contributed by atoms with Gasteiger partial charge in [-0.25, -0.2) is 0 Å². The molecule has 0 amide bonds. The molecule has 0 aromatic heterocycles. The van der Waals surface area contributed by atoms with Gasteiger partial charge in [-0.2, -0.15) is 0 Å². The van der Waals surface area contributed by atoms with Crippen molar-refractivity contribution in [2.24, 2.45) is 5.92 Å². The molecule has 17 heavy (non-hydrogen) atoms. The third-order valence-electron chi connectivity index (χ3n) is 2.42. The Morgan fingerprint density at radius 2 is 2.24 bits per heavy atom. The molecule has 0 radical (unpaired) electrons. The fourth-order valence-electron chi connectivity index (χ4n) is 1.58. The Morgan fingerprint density at radius 1 is 1.47 bits per heavy atom. The number of rotatable bonds is 6. The highest BCUT2D eigenvalue weighted by molar-refractivity contribution is 9.11. The number of halogens is 1. The van der Waals surface area contributed by atoms with Crippen molar-refractivity contribution in [1.29, 1.82) is 0 Å². The molecule has 0 bridgehead atoms. The van der Waals surface area contributed by atoms with Gasteiger partial charge in [-0.05, 0) is 12.5 Å². The maximum atomic E-state index is 11.5. The van der Waals surface area contributed by atoms with Gasteiger partial charge in [0.05, 0.1) is 18.9 Å². The largest absolute Gasteiger partial charge is 0.465 e. The van der Waals surface area contributed by atoms with E-state index in [0.717, 1.165) is 0 Å². The number of allylic oxidation sites excluding steroid dienone is 1. The molecular formula is C12H13BrO4. The number of carbonyl (C=O) groups excluding carboxylic acids is 3. The molecule has 1 heterocycles. The highest BCUT2D eigenvalue weighted by Gasteiger charge is 2.28. The molecule has 1 rings (SSSR count). The Balaban J connectivity index is 2.31. The van der Waals surface area contributed by atoms with E-state index >= 15 is 0 Å². The van der Waals surface area contributed by atoms with Crippen LogP contribution < -0.4 is 0 Å². The van der Waals surface area contributed by atoms with Crippen LogP contribution in [0.3, 0.4) is 0 Å². The quantitative estimate of drug-likeness (QED) is 0.427. The van der Waals surface area contributed by atoms with Crippen LogP contribution in [0.1, 0.15) is 25.7 Å². The average molecular weight is 301 g/mol. The first kappa shape index (κ1) is 13.9. The minimum Gasteiger partial charge on any atom is -0.465 e. The van der Waals surface area contributed by atoms with Crippen LogP contribution in [0.2, 0.25) is 0 Å². The average Bonchev–Trinajstić information content (AvgIpc) is 2.64. The summed E-state index contributed by atoms with van der Waals surface area (Å²) in [5.41, 5.74) is 2.69. The van der Waals surface area contributed by atoms with Gasteiger partial charge in [0.25, 0.3) is 0 Å². The summed E-state index contributed by atoms with van der Waals surface area (Å²) in [6.07, 6.45) is 2.30. The fraction of sp³-hybridized carbons (Fsp3) is 0.500.